The first-order chi connectivity index (χ1) is 14.5. The maximum atomic E-state index is 13.0. The molecule has 2 heterocycles. The van der Waals surface area contributed by atoms with Crippen molar-refractivity contribution >= 4 is 42.4 Å². The van der Waals surface area contributed by atoms with E-state index in [0.717, 1.165) is 10.8 Å². The predicted molar refractivity (Wildman–Crippen MR) is 112 cm³/mol. The molecule has 0 saturated carbocycles. The van der Waals surface area contributed by atoms with Gasteiger partial charge in [-0.05, 0) is 11.5 Å². The van der Waals surface area contributed by atoms with Crippen molar-refractivity contribution in [2.45, 2.75) is 6.04 Å². The van der Waals surface area contributed by atoms with Gasteiger partial charge in [0.05, 0.1) is 12.9 Å². The molecule has 0 radical (unpaired) electrons. The van der Waals surface area contributed by atoms with Gasteiger partial charge in [0.15, 0.2) is 12.4 Å². The summed E-state index contributed by atoms with van der Waals surface area (Å²) in [4.78, 5) is 21.5. The number of fused-ring (bicyclic) bond motifs is 2. The Hall–Kier alpha value is -3.07. The van der Waals surface area contributed by atoms with Crippen LogP contribution in [-0.4, -0.2) is 61.6 Å². The Balaban J connectivity index is 1.36. The SMILES string of the molecule is COP(=O)(COCCN1C=NC2C(=O)NC(=N)N=C21)Oc1cccc2ccccc12. The van der Waals surface area contributed by atoms with Gasteiger partial charge in [-0.15, -0.1) is 0 Å². The van der Waals surface area contributed by atoms with Crippen LogP contribution in [0, 0.1) is 5.41 Å². The molecule has 2 aliphatic rings. The Morgan fingerprint density at radius 2 is 2.03 bits per heavy atom. The van der Waals surface area contributed by atoms with Crippen LogP contribution in [0.3, 0.4) is 0 Å². The molecule has 0 bridgehead atoms. The normalized spacial score (nSPS) is 20.0. The van der Waals surface area contributed by atoms with Crippen LogP contribution in [0.5, 0.6) is 5.75 Å². The summed E-state index contributed by atoms with van der Waals surface area (Å²) >= 11 is 0. The van der Waals surface area contributed by atoms with Gasteiger partial charge in [-0.1, -0.05) is 36.4 Å². The van der Waals surface area contributed by atoms with Gasteiger partial charge in [-0.2, -0.15) is 4.99 Å². The molecule has 2 N–H and O–H groups in total. The Labute approximate surface area is 172 Å². The number of carbonyl (C=O) groups excluding carboxylic acids is 1. The number of aliphatic imine (C=N–C) groups is 2. The Morgan fingerprint density at radius 1 is 1.23 bits per heavy atom. The summed E-state index contributed by atoms with van der Waals surface area (Å²) in [7, 11) is -2.23. The minimum Gasteiger partial charge on any atom is -0.422 e. The van der Waals surface area contributed by atoms with E-state index in [1.807, 2.05) is 36.4 Å². The number of amides is 1. The number of carbonyl (C=O) groups is 1. The van der Waals surface area contributed by atoms with E-state index in [-0.39, 0.29) is 18.9 Å². The Morgan fingerprint density at radius 3 is 2.87 bits per heavy atom. The standard InChI is InChI=1S/C19H20N5O5P/c1-27-30(26,29-15-8-4-6-13-5-2-3-7-14(13)15)12-28-10-9-24-11-21-16-17(24)22-19(20)23-18(16)25/h2-8,11,16H,9-10,12H2,1H3,(H2,20,23,25). The first-order valence-corrected chi connectivity index (χ1v) is 10.9. The lowest BCUT2D eigenvalue weighted by molar-refractivity contribution is -0.119. The van der Waals surface area contributed by atoms with Crippen LogP contribution in [0.1, 0.15) is 0 Å². The summed E-state index contributed by atoms with van der Waals surface area (Å²) in [6.07, 6.45) is 1.23. The van der Waals surface area contributed by atoms with Crippen LogP contribution in [-0.2, 0) is 18.6 Å². The van der Waals surface area contributed by atoms with Crippen molar-refractivity contribution < 1.29 is 23.1 Å². The van der Waals surface area contributed by atoms with Gasteiger partial charge in [0.2, 0.25) is 5.96 Å². The molecule has 30 heavy (non-hydrogen) atoms. The molecule has 4 rings (SSSR count). The highest BCUT2D eigenvalue weighted by molar-refractivity contribution is 7.54. The van der Waals surface area contributed by atoms with E-state index in [1.165, 1.54) is 13.4 Å². The quantitative estimate of drug-likeness (QED) is 0.490. The maximum Gasteiger partial charge on any atom is 0.404 e. The van der Waals surface area contributed by atoms with Crippen molar-refractivity contribution in [1.29, 1.82) is 5.41 Å². The second-order valence-corrected chi connectivity index (χ2v) is 8.60. The number of hydrogen-bond acceptors (Lipinski definition) is 8. The highest BCUT2D eigenvalue weighted by Crippen LogP contribution is 2.48. The Bertz CT molecular complexity index is 1100. The second-order valence-electron chi connectivity index (χ2n) is 6.57. The largest absolute Gasteiger partial charge is 0.422 e. The summed E-state index contributed by atoms with van der Waals surface area (Å²) in [5, 5.41) is 11.6. The lowest BCUT2D eigenvalue weighted by Gasteiger charge is -2.22. The summed E-state index contributed by atoms with van der Waals surface area (Å²) in [6.45, 7) is 0.482. The molecule has 2 aromatic carbocycles. The zero-order chi connectivity index (χ0) is 21.1. The molecule has 0 spiro atoms. The van der Waals surface area contributed by atoms with Gasteiger partial charge in [-0.3, -0.25) is 20.5 Å². The van der Waals surface area contributed by atoms with Gasteiger partial charge in [0.25, 0.3) is 5.91 Å². The minimum absolute atomic E-state index is 0.166. The first-order valence-electron chi connectivity index (χ1n) is 9.17. The zero-order valence-electron chi connectivity index (χ0n) is 16.1. The molecule has 0 fully saturated rings. The fraction of sp³-hybridized carbons (Fsp3) is 0.263. The van der Waals surface area contributed by atoms with E-state index in [2.05, 4.69) is 15.3 Å². The second kappa shape index (κ2) is 8.35. The van der Waals surface area contributed by atoms with Gasteiger partial charge in [-0.25, -0.2) is 4.57 Å². The van der Waals surface area contributed by atoms with Crippen molar-refractivity contribution in [2.75, 3.05) is 26.6 Å². The fourth-order valence-electron chi connectivity index (χ4n) is 3.12. The molecule has 2 unspecified atom stereocenters. The first kappa shape index (κ1) is 20.2. The summed E-state index contributed by atoms with van der Waals surface area (Å²) in [5.41, 5.74) is 0. The molecule has 0 saturated heterocycles. The summed E-state index contributed by atoms with van der Waals surface area (Å²) in [5.74, 6) is 0.207. The van der Waals surface area contributed by atoms with Gasteiger partial charge in [0, 0.05) is 19.0 Å². The molecular formula is C19H20N5O5P. The van der Waals surface area contributed by atoms with Crippen LogP contribution >= 0.6 is 7.60 Å². The lowest BCUT2D eigenvalue weighted by Crippen LogP contribution is -2.49. The number of guanidine groups is 1. The summed E-state index contributed by atoms with van der Waals surface area (Å²) in [6, 6.07) is 12.4. The van der Waals surface area contributed by atoms with Crippen molar-refractivity contribution in [2.24, 2.45) is 9.98 Å². The molecule has 156 valence electrons. The number of amidine groups is 1. The molecule has 0 aliphatic carbocycles. The molecule has 0 aromatic heterocycles. The zero-order valence-corrected chi connectivity index (χ0v) is 17.0. The van der Waals surface area contributed by atoms with Crippen molar-refractivity contribution in [3.63, 3.8) is 0 Å². The monoisotopic (exact) mass is 429 g/mol. The van der Waals surface area contributed by atoms with E-state index in [0.29, 0.717) is 18.1 Å². The highest BCUT2D eigenvalue weighted by atomic mass is 31.2. The predicted octanol–water partition coefficient (Wildman–Crippen LogP) is 2.21. The van der Waals surface area contributed by atoms with E-state index in [4.69, 9.17) is 19.2 Å². The maximum absolute atomic E-state index is 13.0. The molecule has 2 aliphatic heterocycles. The molecule has 11 heteroatoms. The highest BCUT2D eigenvalue weighted by Gasteiger charge is 2.36. The number of rotatable bonds is 8. The smallest absolute Gasteiger partial charge is 0.404 e. The average Bonchev–Trinajstić information content (AvgIpc) is 3.15. The van der Waals surface area contributed by atoms with E-state index in [9.17, 15) is 9.36 Å². The molecular weight excluding hydrogens is 409 g/mol. The molecule has 1 amide bonds. The van der Waals surface area contributed by atoms with E-state index in [1.54, 1.807) is 11.0 Å². The van der Waals surface area contributed by atoms with Crippen LogP contribution in [0.2, 0.25) is 0 Å². The third-order valence-electron chi connectivity index (χ3n) is 4.60. The number of nitrogens with zero attached hydrogens (tertiary/aromatic N) is 3. The number of nitrogens with one attached hydrogen (secondary N) is 2. The van der Waals surface area contributed by atoms with Crippen molar-refractivity contribution in [3.05, 3.63) is 42.5 Å². The van der Waals surface area contributed by atoms with Crippen LogP contribution in [0.25, 0.3) is 10.8 Å². The van der Waals surface area contributed by atoms with Crippen molar-refractivity contribution in [3.8, 4) is 5.75 Å². The Kier molecular flexibility index (Phi) is 5.63. The number of benzene rings is 2. The number of ether oxygens (including phenoxy) is 1. The molecule has 2 atom stereocenters. The van der Waals surface area contributed by atoms with E-state index >= 15 is 0 Å². The van der Waals surface area contributed by atoms with Crippen LogP contribution in [0.15, 0.2) is 52.4 Å². The third-order valence-corrected chi connectivity index (χ3v) is 6.13. The fourth-order valence-corrected chi connectivity index (χ4v) is 4.17. The van der Waals surface area contributed by atoms with Gasteiger partial charge < -0.3 is 18.7 Å². The topological polar surface area (TPSA) is 126 Å². The molecule has 10 nitrogen and oxygen atoms in total. The van der Waals surface area contributed by atoms with Crippen LogP contribution in [0.4, 0.5) is 0 Å². The van der Waals surface area contributed by atoms with E-state index < -0.39 is 19.5 Å². The lowest BCUT2D eigenvalue weighted by atomic mass is 10.1. The van der Waals surface area contributed by atoms with Gasteiger partial charge in [0.1, 0.15) is 11.6 Å². The summed E-state index contributed by atoms with van der Waals surface area (Å²) < 4.78 is 29.4. The van der Waals surface area contributed by atoms with Crippen LogP contribution < -0.4 is 9.84 Å². The molecule has 2 aromatic rings. The minimum atomic E-state index is -3.54. The van der Waals surface area contributed by atoms with Gasteiger partial charge >= 0.3 is 7.60 Å². The third kappa shape index (κ3) is 4.11. The van der Waals surface area contributed by atoms with Crippen molar-refractivity contribution in [1.82, 2.24) is 10.2 Å². The average molecular weight is 429 g/mol. The number of hydrogen-bond donors (Lipinski definition) is 2.